The van der Waals surface area contributed by atoms with Crippen molar-refractivity contribution in [1.82, 2.24) is 19.5 Å². The first-order valence-electron chi connectivity index (χ1n) is 13.8. The Morgan fingerprint density at radius 3 is 1.93 bits per heavy atom. The van der Waals surface area contributed by atoms with E-state index in [0.29, 0.717) is 11.6 Å². The number of para-hydroxylation sites is 2. The van der Waals surface area contributed by atoms with E-state index in [0.717, 1.165) is 44.4 Å². The third kappa shape index (κ3) is 4.21. The van der Waals surface area contributed by atoms with E-state index in [2.05, 4.69) is 136 Å². The summed E-state index contributed by atoms with van der Waals surface area (Å²) in [4.78, 5) is 13.9. The lowest BCUT2D eigenvalue weighted by molar-refractivity contribution is 1.07. The first-order chi connectivity index (χ1) is 20.7. The van der Waals surface area contributed by atoms with Gasteiger partial charge in [0.15, 0.2) is 11.6 Å². The van der Waals surface area contributed by atoms with Crippen LogP contribution in [0, 0.1) is 0 Å². The Balaban J connectivity index is 1.23. The van der Waals surface area contributed by atoms with Gasteiger partial charge in [0, 0.05) is 27.6 Å². The molecule has 4 nitrogen and oxygen atoms in total. The van der Waals surface area contributed by atoms with E-state index in [4.69, 9.17) is 16.6 Å². The molecule has 0 amide bonds. The van der Waals surface area contributed by atoms with Gasteiger partial charge in [0.05, 0.1) is 11.0 Å². The lowest BCUT2D eigenvalue weighted by Crippen LogP contribution is -1.98. The maximum absolute atomic E-state index is 6.50. The van der Waals surface area contributed by atoms with Crippen molar-refractivity contribution < 1.29 is 0 Å². The molecule has 0 atom stereocenters. The summed E-state index contributed by atoms with van der Waals surface area (Å²) in [5.41, 5.74) is 7.38. The number of nitrogens with zero attached hydrogens (tertiary/aromatic N) is 4. The molecular weight excluding hydrogens is 536 g/mol. The molecule has 2 heterocycles. The fraction of sp³-hybridized carbons (Fsp3) is 0. The van der Waals surface area contributed by atoms with Crippen molar-refractivity contribution in [1.29, 1.82) is 0 Å². The fourth-order valence-electron chi connectivity index (χ4n) is 5.78. The fourth-order valence-corrected chi connectivity index (χ4v) is 5.94. The normalized spacial score (nSPS) is 11.5. The van der Waals surface area contributed by atoms with E-state index in [1.807, 2.05) is 18.2 Å². The monoisotopic (exact) mass is 558 g/mol. The van der Waals surface area contributed by atoms with Crippen LogP contribution < -0.4 is 0 Å². The van der Waals surface area contributed by atoms with Crippen LogP contribution in [0.4, 0.5) is 0 Å². The van der Waals surface area contributed by atoms with Gasteiger partial charge in [-0.2, -0.15) is 9.97 Å². The molecule has 0 aliphatic rings. The van der Waals surface area contributed by atoms with Crippen LogP contribution in [0.25, 0.3) is 72.2 Å². The average Bonchev–Trinajstić information content (AvgIpc) is 3.38. The second-order valence-corrected chi connectivity index (χ2v) is 10.7. The number of aromatic nitrogens is 4. The molecule has 198 valence electrons. The molecule has 0 radical (unpaired) electrons. The molecule has 6 aromatic carbocycles. The van der Waals surface area contributed by atoms with Gasteiger partial charge in [-0.15, -0.1) is 0 Å². The van der Waals surface area contributed by atoms with Gasteiger partial charge in [-0.3, -0.25) is 0 Å². The summed E-state index contributed by atoms with van der Waals surface area (Å²) < 4.78 is 2.29. The molecule has 42 heavy (non-hydrogen) atoms. The van der Waals surface area contributed by atoms with Crippen LogP contribution in [0.15, 0.2) is 140 Å². The third-order valence-corrected chi connectivity index (χ3v) is 7.93. The van der Waals surface area contributed by atoms with Crippen molar-refractivity contribution in [3.8, 4) is 39.6 Å². The summed E-state index contributed by atoms with van der Waals surface area (Å²) in [6, 6.07) is 48.4. The third-order valence-electron chi connectivity index (χ3n) is 7.76. The Hall–Kier alpha value is -5.32. The molecule has 0 bridgehead atoms. The first kappa shape index (κ1) is 24.5. The van der Waals surface area contributed by atoms with E-state index in [1.54, 1.807) is 0 Å². The van der Waals surface area contributed by atoms with Crippen LogP contribution in [0.5, 0.6) is 0 Å². The van der Waals surface area contributed by atoms with Gasteiger partial charge in [0.1, 0.15) is 0 Å². The smallest absolute Gasteiger partial charge is 0.226 e. The lowest BCUT2D eigenvalue weighted by Gasteiger charge is -2.09. The number of hydrogen-bond donors (Lipinski definition) is 0. The SMILES string of the molecule is Clc1nc(-c2cccc(-c3ccc4ccccc4c3)c2)nc(-c2ccc3c(c2)c2ccccc2n3-c2ccccc2)n1. The van der Waals surface area contributed by atoms with Crippen LogP contribution >= 0.6 is 11.6 Å². The molecular formula is C37H23ClN4. The predicted octanol–water partition coefficient (Wildman–Crippen LogP) is 9.78. The van der Waals surface area contributed by atoms with Crippen LogP contribution in [0.3, 0.4) is 0 Å². The number of benzene rings is 6. The zero-order chi connectivity index (χ0) is 28.0. The maximum Gasteiger partial charge on any atom is 0.226 e. The average molecular weight is 559 g/mol. The summed E-state index contributed by atoms with van der Waals surface area (Å²) >= 11 is 6.50. The molecule has 8 rings (SSSR count). The quantitative estimate of drug-likeness (QED) is 0.216. The van der Waals surface area contributed by atoms with Crippen LogP contribution in [0.2, 0.25) is 5.28 Å². The molecule has 0 aliphatic carbocycles. The summed E-state index contributed by atoms with van der Waals surface area (Å²) in [6.45, 7) is 0. The van der Waals surface area contributed by atoms with Crippen molar-refractivity contribution in [2.24, 2.45) is 0 Å². The maximum atomic E-state index is 6.50. The van der Waals surface area contributed by atoms with Crippen molar-refractivity contribution in [3.05, 3.63) is 145 Å². The van der Waals surface area contributed by atoms with Crippen molar-refractivity contribution in [2.45, 2.75) is 0 Å². The largest absolute Gasteiger partial charge is 0.309 e. The number of halogens is 1. The van der Waals surface area contributed by atoms with E-state index in [9.17, 15) is 0 Å². The lowest BCUT2D eigenvalue weighted by atomic mass is 9.99. The highest BCUT2D eigenvalue weighted by molar-refractivity contribution is 6.28. The first-order valence-corrected chi connectivity index (χ1v) is 14.2. The Morgan fingerprint density at radius 2 is 1.07 bits per heavy atom. The minimum absolute atomic E-state index is 0.165. The molecule has 0 spiro atoms. The molecule has 8 aromatic rings. The molecule has 0 aliphatic heterocycles. The highest BCUT2D eigenvalue weighted by Gasteiger charge is 2.15. The number of rotatable bonds is 4. The molecule has 0 saturated carbocycles. The van der Waals surface area contributed by atoms with Gasteiger partial charge in [0.2, 0.25) is 5.28 Å². The molecule has 5 heteroatoms. The van der Waals surface area contributed by atoms with Crippen LogP contribution in [-0.2, 0) is 0 Å². The minimum atomic E-state index is 0.165. The summed E-state index contributed by atoms with van der Waals surface area (Å²) in [7, 11) is 0. The zero-order valence-electron chi connectivity index (χ0n) is 22.4. The predicted molar refractivity (Wildman–Crippen MR) is 173 cm³/mol. The second-order valence-electron chi connectivity index (χ2n) is 10.3. The van der Waals surface area contributed by atoms with E-state index in [1.165, 1.54) is 16.2 Å². The Labute approximate surface area is 247 Å². The second kappa shape index (κ2) is 9.95. The zero-order valence-corrected chi connectivity index (χ0v) is 23.2. The summed E-state index contributed by atoms with van der Waals surface area (Å²) in [5, 5.41) is 4.88. The van der Waals surface area contributed by atoms with Crippen molar-refractivity contribution in [3.63, 3.8) is 0 Å². The van der Waals surface area contributed by atoms with Gasteiger partial charge in [0.25, 0.3) is 0 Å². The van der Waals surface area contributed by atoms with E-state index in [-0.39, 0.29) is 5.28 Å². The Kier molecular flexibility index (Phi) is 5.80. The van der Waals surface area contributed by atoms with Crippen LogP contribution in [-0.4, -0.2) is 19.5 Å². The van der Waals surface area contributed by atoms with Crippen molar-refractivity contribution in [2.75, 3.05) is 0 Å². The summed E-state index contributed by atoms with van der Waals surface area (Å²) in [5.74, 6) is 1.08. The Bertz CT molecular complexity index is 2270. The summed E-state index contributed by atoms with van der Waals surface area (Å²) in [6.07, 6.45) is 0. The van der Waals surface area contributed by atoms with E-state index >= 15 is 0 Å². The molecule has 2 aromatic heterocycles. The number of fused-ring (bicyclic) bond motifs is 4. The standard InChI is InChI=1S/C37H23ClN4/c38-37-40-35(28-12-8-11-26(22-28)27-18-17-24-9-4-5-10-25(24)21-27)39-36(41-37)29-19-20-34-32(23-29)31-15-6-7-16-33(31)42(34)30-13-2-1-3-14-30/h1-23H. The van der Waals surface area contributed by atoms with Crippen LogP contribution in [0.1, 0.15) is 0 Å². The van der Waals surface area contributed by atoms with Gasteiger partial charge in [-0.25, -0.2) is 4.98 Å². The van der Waals surface area contributed by atoms with Gasteiger partial charge in [-0.1, -0.05) is 91.0 Å². The van der Waals surface area contributed by atoms with Gasteiger partial charge < -0.3 is 4.57 Å². The van der Waals surface area contributed by atoms with Gasteiger partial charge >= 0.3 is 0 Å². The molecule has 0 N–H and O–H groups in total. The highest BCUT2D eigenvalue weighted by Crippen LogP contribution is 2.35. The topological polar surface area (TPSA) is 43.6 Å². The number of hydrogen-bond acceptors (Lipinski definition) is 3. The molecule has 0 fully saturated rings. The highest BCUT2D eigenvalue weighted by atomic mass is 35.5. The van der Waals surface area contributed by atoms with E-state index < -0.39 is 0 Å². The molecule has 0 saturated heterocycles. The molecule has 0 unspecified atom stereocenters. The van der Waals surface area contributed by atoms with Gasteiger partial charge in [-0.05, 0) is 82.0 Å². The van der Waals surface area contributed by atoms with Crippen molar-refractivity contribution >= 4 is 44.2 Å². The Morgan fingerprint density at radius 1 is 0.429 bits per heavy atom. The minimum Gasteiger partial charge on any atom is -0.309 e.